The van der Waals surface area contributed by atoms with E-state index in [9.17, 15) is 27.6 Å². The molecule has 3 aromatic rings. The average molecular weight is 994 g/mol. The zero-order chi connectivity index (χ0) is 52.5. The number of ketones is 1. The lowest BCUT2D eigenvalue weighted by molar-refractivity contribution is -0.132. The lowest BCUT2D eigenvalue weighted by Gasteiger charge is -2.45. The summed E-state index contributed by atoms with van der Waals surface area (Å²) in [5.41, 5.74) is 8.36. The molecule has 3 aromatic carbocycles. The maximum absolute atomic E-state index is 13.9. The van der Waals surface area contributed by atoms with Gasteiger partial charge in [0.05, 0.1) is 37.5 Å². The Bertz CT molecular complexity index is 2550. The summed E-state index contributed by atoms with van der Waals surface area (Å²) in [6.07, 6.45) is 8.57. The van der Waals surface area contributed by atoms with Crippen molar-refractivity contribution in [3.05, 3.63) is 88.7 Å². The summed E-state index contributed by atoms with van der Waals surface area (Å²) in [6, 6.07) is 20.9. The van der Waals surface area contributed by atoms with Gasteiger partial charge in [-0.05, 0) is 140 Å². The van der Waals surface area contributed by atoms with E-state index in [1.54, 1.807) is 28.0 Å². The number of hydrogen-bond acceptors (Lipinski definition) is 12. The minimum absolute atomic E-state index is 0.0825. The Balaban J connectivity index is 0.000000164. The van der Waals surface area contributed by atoms with Crippen molar-refractivity contribution in [1.29, 1.82) is 15.8 Å². The van der Waals surface area contributed by atoms with Crippen molar-refractivity contribution in [3.8, 4) is 18.2 Å². The highest BCUT2D eigenvalue weighted by molar-refractivity contribution is 5.86. The van der Waals surface area contributed by atoms with Crippen LogP contribution in [-0.2, 0) is 33.5 Å². The topological polar surface area (TPSA) is 210 Å². The molecule has 3 aliphatic heterocycles. The van der Waals surface area contributed by atoms with Crippen LogP contribution < -0.4 is 21.7 Å². The molecule has 3 heterocycles. The number of nitrogens with two attached hydrogens (primary N) is 1. The molecule has 3 saturated heterocycles. The van der Waals surface area contributed by atoms with Crippen molar-refractivity contribution in [3.63, 3.8) is 0 Å². The zero-order valence-corrected chi connectivity index (χ0v) is 42.6. The van der Waals surface area contributed by atoms with Gasteiger partial charge in [0, 0.05) is 96.8 Å². The van der Waals surface area contributed by atoms with Gasteiger partial charge in [-0.25, -0.2) is 22.8 Å². The Morgan fingerprint density at radius 1 is 0.667 bits per heavy atom. The van der Waals surface area contributed by atoms with Crippen LogP contribution in [0.25, 0.3) is 0 Å². The highest BCUT2D eigenvalue weighted by Crippen LogP contribution is 2.50. The quantitative estimate of drug-likeness (QED) is 0.163. The van der Waals surface area contributed by atoms with Gasteiger partial charge in [-0.1, -0.05) is 18.2 Å². The molecule has 14 nitrogen and oxygen atoms in total. The largest absolute Gasteiger partial charge is 0.444 e. The van der Waals surface area contributed by atoms with Gasteiger partial charge in [0.25, 0.3) is 0 Å². The zero-order valence-electron chi connectivity index (χ0n) is 42.6. The molecule has 72 heavy (non-hydrogen) atoms. The van der Waals surface area contributed by atoms with Crippen LogP contribution in [0.15, 0.2) is 54.6 Å². The van der Waals surface area contributed by atoms with Crippen LogP contribution in [-0.4, -0.2) is 90.3 Å². The Labute approximate surface area is 422 Å². The van der Waals surface area contributed by atoms with E-state index in [4.69, 9.17) is 31.0 Å². The van der Waals surface area contributed by atoms with E-state index >= 15 is 0 Å². The predicted molar refractivity (Wildman–Crippen MR) is 269 cm³/mol. The average Bonchev–Trinajstić information content (AvgIpc) is 4.04. The van der Waals surface area contributed by atoms with Crippen LogP contribution in [0.2, 0.25) is 0 Å². The summed E-state index contributed by atoms with van der Waals surface area (Å²) in [5.74, 6) is -0.719. The molecule has 6 aliphatic rings. The fourth-order valence-corrected chi connectivity index (χ4v) is 10.6. The number of amides is 2. The molecule has 0 radical (unpaired) electrons. The number of Topliss-reactive ketones (excluding diaryl/α,β-unsaturated/α-hetero) is 1. The summed E-state index contributed by atoms with van der Waals surface area (Å²) in [5, 5.41) is 35.7. The summed E-state index contributed by atoms with van der Waals surface area (Å²) in [7, 11) is 0. The number of nitriles is 3. The lowest BCUT2D eigenvalue weighted by Crippen LogP contribution is -2.47. The van der Waals surface area contributed by atoms with Crippen molar-refractivity contribution in [2.24, 2.45) is 16.2 Å². The van der Waals surface area contributed by atoms with Gasteiger partial charge in [0.15, 0.2) is 0 Å². The lowest BCUT2D eigenvalue weighted by atomic mass is 9.65. The normalized spacial score (nSPS) is 23.2. The van der Waals surface area contributed by atoms with E-state index in [0.717, 1.165) is 69.8 Å². The highest BCUT2D eigenvalue weighted by atomic mass is 19.1. The van der Waals surface area contributed by atoms with Crippen LogP contribution in [0.4, 0.5) is 39.8 Å². The van der Waals surface area contributed by atoms with E-state index in [-0.39, 0.29) is 60.0 Å². The van der Waals surface area contributed by atoms with Gasteiger partial charge >= 0.3 is 12.2 Å². The molecule has 0 atom stereocenters. The number of carbonyl (C=O) groups is 3. The number of hydrogen-bond donors (Lipinski definition) is 4. The molecule has 0 bridgehead atoms. The first-order chi connectivity index (χ1) is 33.9. The summed E-state index contributed by atoms with van der Waals surface area (Å²) in [4.78, 5) is 38.6. The number of halogens is 3. The van der Waals surface area contributed by atoms with Gasteiger partial charge in [-0.3, -0.25) is 4.79 Å². The van der Waals surface area contributed by atoms with Crippen molar-refractivity contribution >= 4 is 35.0 Å². The molecule has 0 unspecified atom stereocenters. The molecule has 3 saturated carbocycles. The van der Waals surface area contributed by atoms with Crippen LogP contribution in [0.5, 0.6) is 0 Å². The molecular formula is C55H70F3N9O5. The van der Waals surface area contributed by atoms with E-state index in [2.05, 4.69) is 16.0 Å². The number of likely N-dealkylation sites (tertiary alicyclic amines) is 2. The molecule has 386 valence electrons. The number of nitrogens with one attached hydrogen (secondary N) is 3. The minimum Gasteiger partial charge on any atom is -0.444 e. The maximum Gasteiger partial charge on any atom is 0.410 e. The summed E-state index contributed by atoms with van der Waals surface area (Å²) < 4.78 is 51.2. The minimum atomic E-state index is -0.474. The highest BCUT2D eigenvalue weighted by Gasteiger charge is 2.51. The third kappa shape index (κ3) is 15.0. The molecule has 5 N–H and O–H groups in total. The smallest absolute Gasteiger partial charge is 0.410 e. The molecule has 9 rings (SSSR count). The van der Waals surface area contributed by atoms with Crippen molar-refractivity contribution in [2.45, 2.75) is 142 Å². The maximum atomic E-state index is 13.9. The fraction of sp³-hybridized carbons (Fsp3) is 0.564. The number of nitrogen functional groups attached to an aromatic ring is 1. The Kier molecular flexibility index (Phi) is 17.5. The number of rotatable bonds is 7. The van der Waals surface area contributed by atoms with Gasteiger partial charge in [-0.15, -0.1) is 0 Å². The molecular weight excluding hydrogens is 924 g/mol. The monoisotopic (exact) mass is 994 g/mol. The predicted octanol–water partition coefficient (Wildman–Crippen LogP) is 9.99. The standard InChI is InChI=1S/C20H26FN3O2.C15H18FN3.C12H19NO3.C8H7FN2/c1-19(2,3)26-18(25)24-9-7-20(13-24)11-16(12-20)23-15-5-4-14(6-8-22)17(21)10-15;16-14-7-12(2-1-11(14)3-5-17)19-13-8-15(9-13)4-6-18-10-15;1-11(2,3)16-10(15)13-5-4-12(8-13)6-9(14)7-12;9-8-5-7(11)2-1-6(8)3-4-10/h4-5,10,16,23H,6-7,9,11-13H2,1-3H3;1-2,7,13,18-19H,3-4,6,8-10H2;4-8H2,1-3H3;1-2,5H,3,11H2. The van der Waals surface area contributed by atoms with Gasteiger partial charge in [-0.2, -0.15) is 15.8 Å². The van der Waals surface area contributed by atoms with Crippen molar-refractivity contribution in [2.75, 3.05) is 55.6 Å². The molecule has 17 heteroatoms. The Morgan fingerprint density at radius 2 is 1.08 bits per heavy atom. The van der Waals surface area contributed by atoms with Crippen molar-refractivity contribution in [1.82, 2.24) is 15.1 Å². The van der Waals surface area contributed by atoms with Gasteiger partial charge in [0.2, 0.25) is 0 Å². The van der Waals surface area contributed by atoms with Gasteiger partial charge < -0.3 is 41.0 Å². The number of nitrogens with zero attached hydrogens (tertiary/aromatic N) is 5. The number of carbonyl (C=O) groups excluding carboxylic acids is 3. The SMILES string of the molecule is CC(C)(C)OC(=O)N1CCC2(CC(=O)C2)C1.CC(C)(C)OC(=O)N1CCC2(CC(Nc3ccc(CC#N)c(F)c3)C2)C1.N#CCc1ccc(N)cc1F.N#CCc1ccc(NC2CC3(CCNC3)C2)cc1F. The summed E-state index contributed by atoms with van der Waals surface area (Å²) >= 11 is 0. The van der Waals surface area contributed by atoms with Crippen LogP contribution in [0.1, 0.15) is 116 Å². The van der Waals surface area contributed by atoms with Crippen LogP contribution in [0.3, 0.4) is 0 Å². The second-order valence-electron chi connectivity index (χ2n) is 22.6. The first kappa shape index (κ1) is 54.8. The first-order valence-electron chi connectivity index (χ1n) is 24.9. The van der Waals surface area contributed by atoms with Crippen LogP contribution in [0, 0.1) is 67.7 Å². The summed E-state index contributed by atoms with van der Waals surface area (Å²) in [6.45, 7) is 16.4. The molecule has 2 amide bonds. The number of anilines is 3. The third-order valence-electron chi connectivity index (χ3n) is 14.1. The molecule has 6 fully saturated rings. The Morgan fingerprint density at radius 3 is 1.47 bits per heavy atom. The van der Waals surface area contributed by atoms with E-state index in [0.29, 0.717) is 59.0 Å². The van der Waals surface area contributed by atoms with E-state index in [1.807, 2.05) is 71.9 Å². The van der Waals surface area contributed by atoms with E-state index in [1.165, 1.54) is 43.5 Å². The fourth-order valence-electron chi connectivity index (χ4n) is 10.6. The Hall–Kier alpha value is -6.51. The number of benzene rings is 3. The second-order valence-corrected chi connectivity index (χ2v) is 22.6. The van der Waals surface area contributed by atoms with E-state index < -0.39 is 17.0 Å². The van der Waals surface area contributed by atoms with Crippen LogP contribution >= 0.6 is 0 Å². The molecule has 0 aromatic heterocycles. The first-order valence-corrected chi connectivity index (χ1v) is 24.9. The second kappa shape index (κ2) is 22.9. The molecule has 3 spiro atoms. The molecule has 3 aliphatic carbocycles. The number of ether oxygens (including phenoxy) is 2. The van der Waals surface area contributed by atoms with Crippen molar-refractivity contribution < 1.29 is 37.0 Å². The van der Waals surface area contributed by atoms with Gasteiger partial charge in [0.1, 0.15) is 34.4 Å². The third-order valence-corrected chi connectivity index (χ3v) is 14.1.